The van der Waals surface area contributed by atoms with E-state index in [0.29, 0.717) is 5.02 Å². The number of piperazine rings is 1. The third-order valence-corrected chi connectivity index (χ3v) is 4.63. The first-order chi connectivity index (χ1) is 11.6. The van der Waals surface area contributed by atoms with Crippen LogP contribution in [-0.2, 0) is 4.79 Å². The van der Waals surface area contributed by atoms with Crippen molar-refractivity contribution in [2.45, 2.75) is 6.92 Å². The Labute approximate surface area is 148 Å². The molecule has 0 aromatic heterocycles. The standard InChI is InChI=1S/C19H22ClN3O/c1-15-5-4-6-16(13-15)22-9-11-23(12-10-22)19(24)14-21-18-8-3-2-7-17(18)20/h2-8,13,21H,9-12,14H2,1H3. The molecule has 2 aromatic rings. The van der Waals surface area contributed by atoms with Gasteiger partial charge in [0.05, 0.1) is 17.3 Å². The van der Waals surface area contributed by atoms with Gasteiger partial charge in [0, 0.05) is 31.9 Å². The SMILES string of the molecule is Cc1cccc(N2CCN(C(=O)CNc3ccccc3Cl)CC2)c1. The van der Waals surface area contributed by atoms with Crippen LogP contribution in [0, 0.1) is 6.92 Å². The first-order valence-electron chi connectivity index (χ1n) is 8.21. The lowest BCUT2D eigenvalue weighted by atomic mass is 10.2. The number of carbonyl (C=O) groups excluding carboxylic acids is 1. The van der Waals surface area contributed by atoms with E-state index in [1.807, 2.05) is 29.2 Å². The molecule has 1 heterocycles. The molecule has 1 amide bonds. The average Bonchev–Trinajstić information content (AvgIpc) is 2.61. The van der Waals surface area contributed by atoms with Gasteiger partial charge in [-0.2, -0.15) is 0 Å². The molecule has 0 atom stereocenters. The number of rotatable bonds is 4. The molecule has 1 N–H and O–H groups in total. The predicted molar refractivity (Wildman–Crippen MR) is 99.9 cm³/mol. The van der Waals surface area contributed by atoms with Crippen molar-refractivity contribution in [3.05, 3.63) is 59.1 Å². The summed E-state index contributed by atoms with van der Waals surface area (Å²) in [6.45, 7) is 5.59. The van der Waals surface area contributed by atoms with Crippen LogP contribution >= 0.6 is 11.6 Å². The van der Waals surface area contributed by atoms with Gasteiger partial charge in [-0.1, -0.05) is 35.9 Å². The van der Waals surface area contributed by atoms with Gasteiger partial charge >= 0.3 is 0 Å². The number of carbonyl (C=O) groups is 1. The largest absolute Gasteiger partial charge is 0.375 e. The molecule has 0 bridgehead atoms. The molecule has 5 heteroatoms. The molecule has 1 saturated heterocycles. The molecular weight excluding hydrogens is 322 g/mol. The van der Waals surface area contributed by atoms with Crippen molar-refractivity contribution in [3.63, 3.8) is 0 Å². The molecule has 0 saturated carbocycles. The van der Waals surface area contributed by atoms with Gasteiger partial charge in [-0.3, -0.25) is 4.79 Å². The Balaban J connectivity index is 1.51. The second-order valence-corrected chi connectivity index (χ2v) is 6.45. The van der Waals surface area contributed by atoms with E-state index in [0.717, 1.165) is 31.9 Å². The zero-order valence-electron chi connectivity index (χ0n) is 13.8. The normalized spacial score (nSPS) is 14.6. The van der Waals surface area contributed by atoms with E-state index in [4.69, 9.17) is 11.6 Å². The molecule has 0 unspecified atom stereocenters. The number of amides is 1. The second kappa shape index (κ2) is 7.58. The van der Waals surface area contributed by atoms with Gasteiger partial charge in [0.15, 0.2) is 0 Å². The maximum absolute atomic E-state index is 12.4. The molecule has 0 radical (unpaired) electrons. The van der Waals surface area contributed by atoms with Gasteiger partial charge in [-0.05, 0) is 36.8 Å². The van der Waals surface area contributed by atoms with Crippen LogP contribution in [0.3, 0.4) is 0 Å². The van der Waals surface area contributed by atoms with Gasteiger partial charge in [-0.25, -0.2) is 0 Å². The number of hydrogen-bond donors (Lipinski definition) is 1. The van der Waals surface area contributed by atoms with Crippen molar-refractivity contribution in [2.24, 2.45) is 0 Å². The molecule has 1 aliphatic heterocycles. The summed E-state index contributed by atoms with van der Waals surface area (Å²) < 4.78 is 0. The number of nitrogens with one attached hydrogen (secondary N) is 1. The van der Waals surface area contributed by atoms with E-state index in [2.05, 4.69) is 41.4 Å². The number of halogens is 1. The van der Waals surface area contributed by atoms with Crippen LogP contribution in [0.25, 0.3) is 0 Å². The Morgan fingerprint density at radius 3 is 2.54 bits per heavy atom. The number of hydrogen-bond acceptors (Lipinski definition) is 3. The van der Waals surface area contributed by atoms with Crippen molar-refractivity contribution in [1.29, 1.82) is 0 Å². The van der Waals surface area contributed by atoms with Crippen molar-refractivity contribution in [2.75, 3.05) is 42.9 Å². The summed E-state index contributed by atoms with van der Waals surface area (Å²) >= 11 is 6.10. The summed E-state index contributed by atoms with van der Waals surface area (Å²) in [5.74, 6) is 0.110. The Kier molecular flexibility index (Phi) is 5.26. The fraction of sp³-hybridized carbons (Fsp3) is 0.316. The monoisotopic (exact) mass is 343 g/mol. The van der Waals surface area contributed by atoms with Crippen LogP contribution in [0.5, 0.6) is 0 Å². The molecule has 1 fully saturated rings. The summed E-state index contributed by atoms with van der Waals surface area (Å²) in [4.78, 5) is 16.6. The molecule has 0 spiro atoms. The third-order valence-electron chi connectivity index (χ3n) is 4.30. The minimum absolute atomic E-state index is 0.110. The highest BCUT2D eigenvalue weighted by Gasteiger charge is 2.21. The lowest BCUT2D eigenvalue weighted by Gasteiger charge is -2.36. The molecule has 24 heavy (non-hydrogen) atoms. The molecule has 4 nitrogen and oxygen atoms in total. The zero-order chi connectivity index (χ0) is 16.9. The maximum atomic E-state index is 12.4. The summed E-state index contributed by atoms with van der Waals surface area (Å²) in [6, 6.07) is 16.0. The molecular formula is C19H22ClN3O. The number of nitrogens with zero attached hydrogens (tertiary/aromatic N) is 2. The van der Waals surface area contributed by atoms with Crippen molar-refractivity contribution < 1.29 is 4.79 Å². The Hall–Kier alpha value is -2.20. The van der Waals surface area contributed by atoms with E-state index in [9.17, 15) is 4.79 Å². The summed E-state index contributed by atoms with van der Waals surface area (Å²) in [7, 11) is 0. The Morgan fingerprint density at radius 2 is 1.83 bits per heavy atom. The minimum Gasteiger partial charge on any atom is -0.375 e. The highest BCUT2D eigenvalue weighted by molar-refractivity contribution is 6.33. The first-order valence-corrected chi connectivity index (χ1v) is 8.59. The van der Waals surface area contributed by atoms with Crippen LogP contribution in [0.15, 0.2) is 48.5 Å². The molecule has 1 aliphatic rings. The van der Waals surface area contributed by atoms with Crippen LogP contribution < -0.4 is 10.2 Å². The van der Waals surface area contributed by atoms with E-state index in [1.54, 1.807) is 0 Å². The van der Waals surface area contributed by atoms with Gasteiger partial charge in [-0.15, -0.1) is 0 Å². The van der Waals surface area contributed by atoms with Crippen LogP contribution in [0.1, 0.15) is 5.56 Å². The summed E-state index contributed by atoms with van der Waals surface area (Å²) in [6.07, 6.45) is 0. The van der Waals surface area contributed by atoms with E-state index in [-0.39, 0.29) is 12.5 Å². The Bertz CT molecular complexity index is 711. The minimum atomic E-state index is 0.110. The fourth-order valence-electron chi connectivity index (χ4n) is 2.93. The number of aryl methyl sites for hydroxylation is 1. The highest BCUT2D eigenvalue weighted by Crippen LogP contribution is 2.20. The molecule has 0 aliphatic carbocycles. The topological polar surface area (TPSA) is 35.6 Å². The number of anilines is 2. The van der Waals surface area contributed by atoms with Crippen LogP contribution in [0.4, 0.5) is 11.4 Å². The predicted octanol–water partition coefficient (Wildman–Crippen LogP) is 3.41. The maximum Gasteiger partial charge on any atom is 0.241 e. The van der Waals surface area contributed by atoms with E-state index >= 15 is 0 Å². The zero-order valence-corrected chi connectivity index (χ0v) is 14.6. The summed E-state index contributed by atoms with van der Waals surface area (Å²) in [5, 5.41) is 3.76. The van der Waals surface area contributed by atoms with Crippen molar-refractivity contribution >= 4 is 28.9 Å². The van der Waals surface area contributed by atoms with Crippen molar-refractivity contribution in [3.8, 4) is 0 Å². The lowest BCUT2D eigenvalue weighted by molar-refractivity contribution is -0.129. The lowest BCUT2D eigenvalue weighted by Crippen LogP contribution is -2.50. The quantitative estimate of drug-likeness (QED) is 0.924. The smallest absolute Gasteiger partial charge is 0.241 e. The summed E-state index contributed by atoms with van der Waals surface area (Å²) in [5.41, 5.74) is 3.29. The van der Waals surface area contributed by atoms with E-state index in [1.165, 1.54) is 11.3 Å². The highest BCUT2D eigenvalue weighted by atomic mass is 35.5. The van der Waals surface area contributed by atoms with Crippen LogP contribution in [0.2, 0.25) is 5.02 Å². The van der Waals surface area contributed by atoms with Crippen molar-refractivity contribution in [1.82, 2.24) is 4.90 Å². The van der Waals surface area contributed by atoms with Gasteiger partial charge in [0.25, 0.3) is 0 Å². The Morgan fingerprint density at radius 1 is 1.08 bits per heavy atom. The van der Waals surface area contributed by atoms with Gasteiger partial charge in [0.2, 0.25) is 5.91 Å². The number of para-hydroxylation sites is 1. The molecule has 126 valence electrons. The average molecular weight is 344 g/mol. The fourth-order valence-corrected chi connectivity index (χ4v) is 3.13. The van der Waals surface area contributed by atoms with Gasteiger partial charge in [0.1, 0.15) is 0 Å². The second-order valence-electron chi connectivity index (χ2n) is 6.04. The number of benzene rings is 2. The van der Waals surface area contributed by atoms with Crippen LogP contribution in [-0.4, -0.2) is 43.5 Å². The van der Waals surface area contributed by atoms with E-state index < -0.39 is 0 Å². The first kappa shape index (κ1) is 16.7. The third kappa shape index (κ3) is 4.01. The molecule has 2 aromatic carbocycles. The van der Waals surface area contributed by atoms with Gasteiger partial charge < -0.3 is 15.1 Å². The molecule has 3 rings (SSSR count).